The molecule has 0 spiro atoms. The average Bonchev–Trinajstić information content (AvgIpc) is 2.68. The standard InChI is InChI=1S/C20H22FN3O2.ClH/c1-2-17(25)24-19(13-6-4-3-5-7-13)20(26)23-16-9-8-14-12-22-11-10-15(14)18(16)21;/h3-9,19,22H,2,10-12H2,1H3,(H,23,26)(H,24,25);1H. The molecule has 2 aromatic rings. The third-order valence-corrected chi connectivity index (χ3v) is 4.49. The van der Waals surface area contributed by atoms with Crippen LogP contribution in [0.1, 0.15) is 36.1 Å². The molecule has 27 heavy (non-hydrogen) atoms. The molecule has 3 rings (SSSR count). The van der Waals surface area contributed by atoms with Gasteiger partial charge < -0.3 is 16.0 Å². The Morgan fingerprint density at radius 2 is 1.93 bits per heavy atom. The molecule has 0 aliphatic carbocycles. The van der Waals surface area contributed by atoms with Gasteiger partial charge in [-0.15, -0.1) is 12.4 Å². The van der Waals surface area contributed by atoms with E-state index in [0.717, 1.165) is 5.56 Å². The molecular weight excluding hydrogens is 369 g/mol. The van der Waals surface area contributed by atoms with Gasteiger partial charge in [0.05, 0.1) is 5.69 Å². The summed E-state index contributed by atoms with van der Waals surface area (Å²) in [7, 11) is 0. The number of carbonyl (C=O) groups excluding carboxylic acids is 2. The SMILES string of the molecule is CCC(=O)NC(C(=O)Nc1ccc2c(c1F)CCNC2)c1ccccc1.Cl. The van der Waals surface area contributed by atoms with Crippen molar-refractivity contribution in [2.24, 2.45) is 0 Å². The number of fused-ring (bicyclic) bond motifs is 1. The molecule has 1 aliphatic heterocycles. The van der Waals surface area contributed by atoms with E-state index < -0.39 is 17.8 Å². The highest BCUT2D eigenvalue weighted by Crippen LogP contribution is 2.25. The first kappa shape index (κ1) is 20.9. The summed E-state index contributed by atoms with van der Waals surface area (Å²) in [5.41, 5.74) is 2.33. The Kier molecular flexibility index (Phi) is 7.33. The second-order valence-corrected chi connectivity index (χ2v) is 6.25. The van der Waals surface area contributed by atoms with Gasteiger partial charge in [-0.3, -0.25) is 9.59 Å². The summed E-state index contributed by atoms with van der Waals surface area (Å²) in [6, 6.07) is 11.5. The van der Waals surface area contributed by atoms with Crippen molar-refractivity contribution in [3.63, 3.8) is 0 Å². The average molecular weight is 392 g/mol. The molecule has 0 fully saturated rings. The predicted octanol–water partition coefficient (Wildman–Crippen LogP) is 3.10. The molecule has 1 unspecified atom stereocenters. The van der Waals surface area contributed by atoms with E-state index >= 15 is 0 Å². The fourth-order valence-corrected chi connectivity index (χ4v) is 3.04. The first-order valence-corrected chi connectivity index (χ1v) is 8.76. The number of hydrogen-bond donors (Lipinski definition) is 3. The van der Waals surface area contributed by atoms with Gasteiger partial charge in [0, 0.05) is 13.0 Å². The molecule has 0 bridgehead atoms. The van der Waals surface area contributed by atoms with E-state index in [0.29, 0.717) is 30.6 Å². The maximum Gasteiger partial charge on any atom is 0.251 e. The normalized spacial score (nSPS) is 13.7. The molecule has 0 aromatic heterocycles. The summed E-state index contributed by atoms with van der Waals surface area (Å²) in [6.07, 6.45) is 0.844. The van der Waals surface area contributed by atoms with Crippen molar-refractivity contribution in [2.75, 3.05) is 11.9 Å². The number of halogens is 2. The van der Waals surface area contributed by atoms with E-state index in [2.05, 4.69) is 16.0 Å². The minimum Gasteiger partial charge on any atom is -0.341 e. The monoisotopic (exact) mass is 391 g/mol. The molecule has 2 amide bonds. The zero-order chi connectivity index (χ0) is 18.5. The summed E-state index contributed by atoms with van der Waals surface area (Å²) in [4.78, 5) is 24.6. The van der Waals surface area contributed by atoms with Crippen LogP contribution in [0.5, 0.6) is 0 Å². The van der Waals surface area contributed by atoms with Crippen LogP contribution in [-0.2, 0) is 22.6 Å². The Balaban J connectivity index is 0.00000261. The highest BCUT2D eigenvalue weighted by molar-refractivity contribution is 5.98. The lowest BCUT2D eigenvalue weighted by molar-refractivity contribution is -0.126. The largest absolute Gasteiger partial charge is 0.341 e. The van der Waals surface area contributed by atoms with Crippen molar-refractivity contribution in [1.29, 1.82) is 0 Å². The highest BCUT2D eigenvalue weighted by atomic mass is 35.5. The molecule has 2 aromatic carbocycles. The number of rotatable bonds is 5. The second kappa shape index (κ2) is 9.48. The molecule has 5 nitrogen and oxygen atoms in total. The van der Waals surface area contributed by atoms with Crippen LogP contribution in [0.2, 0.25) is 0 Å². The maximum atomic E-state index is 14.8. The van der Waals surface area contributed by atoms with E-state index in [1.807, 2.05) is 12.1 Å². The number of hydrogen-bond acceptors (Lipinski definition) is 3. The van der Waals surface area contributed by atoms with Crippen LogP contribution in [0.3, 0.4) is 0 Å². The topological polar surface area (TPSA) is 70.2 Å². The molecule has 1 heterocycles. The van der Waals surface area contributed by atoms with Gasteiger partial charge in [0.25, 0.3) is 5.91 Å². The first-order chi connectivity index (χ1) is 12.6. The molecule has 7 heteroatoms. The van der Waals surface area contributed by atoms with Crippen molar-refractivity contribution in [3.05, 3.63) is 65.0 Å². The fourth-order valence-electron chi connectivity index (χ4n) is 3.04. The lowest BCUT2D eigenvalue weighted by Gasteiger charge is -2.22. The fraction of sp³-hybridized carbons (Fsp3) is 0.300. The third-order valence-electron chi connectivity index (χ3n) is 4.49. The minimum absolute atomic E-state index is 0. The van der Waals surface area contributed by atoms with Gasteiger partial charge in [-0.05, 0) is 35.7 Å². The lowest BCUT2D eigenvalue weighted by atomic mass is 9.99. The quantitative estimate of drug-likeness (QED) is 0.733. The minimum atomic E-state index is -0.874. The maximum absolute atomic E-state index is 14.8. The molecule has 144 valence electrons. The van der Waals surface area contributed by atoms with Gasteiger partial charge in [-0.1, -0.05) is 43.3 Å². The van der Waals surface area contributed by atoms with E-state index in [1.165, 1.54) is 0 Å². The molecule has 3 N–H and O–H groups in total. The highest BCUT2D eigenvalue weighted by Gasteiger charge is 2.24. The summed E-state index contributed by atoms with van der Waals surface area (Å²) in [5.74, 6) is -1.11. The number of amides is 2. The van der Waals surface area contributed by atoms with Crippen molar-refractivity contribution >= 4 is 29.9 Å². The van der Waals surface area contributed by atoms with Crippen LogP contribution in [0.15, 0.2) is 42.5 Å². The van der Waals surface area contributed by atoms with Gasteiger partial charge in [-0.25, -0.2) is 4.39 Å². The van der Waals surface area contributed by atoms with E-state index in [4.69, 9.17) is 0 Å². The number of anilines is 1. The zero-order valence-corrected chi connectivity index (χ0v) is 15.9. The summed E-state index contributed by atoms with van der Waals surface area (Å²) in [5, 5.41) is 8.54. The Bertz CT molecular complexity index is 814. The Morgan fingerprint density at radius 3 is 2.63 bits per heavy atom. The summed E-state index contributed by atoms with van der Waals surface area (Å²) < 4.78 is 14.8. The van der Waals surface area contributed by atoms with Crippen molar-refractivity contribution in [1.82, 2.24) is 10.6 Å². The van der Waals surface area contributed by atoms with Crippen molar-refractivity contribution < 1.29 is 14.0 Å². The zero-order valence-electron chi connectivity index (χ0n) is 15.0. The van der Waals surface area contributed by atoms with Gasteiger partial charge in [-0.2, -0.15) is 0 Å². The summed E-state index contributed by atoms with van der Waals surface area (Å²) >= 11 is 0. The Hall–Kier alpha value is -2.44. The number of carbonyl (C=O) groups is 2. The van der Waals surface area contributed by atoms with Crippen LogP contribution in [-0.4, -0.2) is 18.4 Å². The predicted molar refractivity (Wildman–Crippen MR) is 105 cm³/mol. The van der Waals surface area contributed by atoms with Crippen molar-refractivity contribution in [3.8, 4) is 0 Å². The third kappa shape index (κ3) is 4.84. The van der Waals surface area contributed by atoms with E-state index in [-0.39, 0.29) is 30.4 Å². The van der Waals surface area contributed by atoms with Crippen LogP contribution >= 0.6 is 12.4 Å². The van der Waals surface area contributed by atoms with E-state index in [1.54, 1.807) is 37.3 Å². The van der Waals surface area contributed by atoms with Gasteiger partial charge in [0.15, 0.2) is 0 Å². The van der Waals surface area contributed by atoms with Crippen LogP contribution in [0.25, 0.3) is 0 Å². The van der Waals surface area contributed by atoms with E-state index in [9.17, 15) is 14.0 Å². The van der Waals surface area contributed by atoms with Crippen molar-refractivity contribution in [2.45, 2.75) is 32.4 Å². The molecule has 0 radical (unpaired) electrons. The number of benzene rings is 2. The Morgan fingerprint density at radius 1 is 1.19 bits per heavy atom. The smallest absolute Gasteiger partial charge is 0.251 e. The second-order valence-electron chi connectivity index (χ2n) is 6.25. The molecule has 1 atom stereocenters. The van der Waals surface area contributed by atoms with Gasteiger partial charge in [0.2, 0.25) is 5.91 Å². The van der Waals surface area contributed by atoms with Crippen LogP contribution in [0.4, 0.5) is 10.1 Å². The molecule has 1 aliphatic rings. The van der Waals surface area contributed by atoms with Gasteiger partial charge >= 0.3 is 0 Å². The van der Waals surface area contributed by atoms with Crippen LogP contribution < -0.4 is 16.0 Å². The first-order valence-electron chi connectivity index (χ1n) is 8.76. The van der Waals surface area contributed by atoms with Gasteiger partial charge in [0.1, 0.15) is 11.9 Å². The van der Waals surface area contributed by atoms with Crippen LogP contribution in [0, 0.1) is 5.82 Å². The lowest BCUT2D eigenvalue weighted by Crippen LogP contribution is -2.37. The molecule has 0 saturated carbocycles. The molecule has 0 saturated heterocycles. The molecular formula is C20H23ClFN3O2. The number of nitrogens with one attached hydrogen (secondary N) is 3. The Labute approximate surface area is 164 Å². The summed E-state index contributed by atoms with van der Waals surface area (Å²) in [6.45, 7) is 3.05.